The van der Waals surface area contributed by atoms with Crippen molar-refractivity contribution in [2.75, 3.05) is 14.1 Å². The highest BCUT2D eigenvalue weighted by atomic mass is 16.2. The normalized spacial score (nSPS) is 12.1. The smallest absolute Gasteiger partial charge is 0.321 e. The summed E-state index contributed by atoms with van der Waals surface area (Å²) in [5.41, 5.74) is 2.34. The first-order chi connectivity index (χ1) is 8.93. The Morgan fingerprint density at radius 1 is 1.26 bits per heavy atom. The van der Waals surface area contributed by atoms with E-state index >= 15 is 0 Å². The first kappa shape index (κ1) is 15.2. The zero-order valence-corrected chi connectivity index (χ0v) is 11.9. The van der Waals surface area contributed by atoms with E-state index in [-0.39, 0.29) is 11.9 Å². The van der Waals surface area contributed by atoms with Gasteiger partial charge in [-0.15, -0.1) is 0 Å². The predicted octanol–water partition coefficient (Wildman–Crippen LogP) is 1.27. The lowest BCUT2D eigenvalue weighted by Gasteiger charge is -2.23. The first-order valence-electron chi connectivity index (χ1n) is 6.22. The number of hydrogen-bond donors (Lipinski definition) is 2. The van der Waals surface area contributed by atoms with Crippen LogP contribution in [0, 0.1) is 6.92 Å². The van der Waals surface area contributed by atoms with Gasteiger partial charge in [0.2, 0.25) is 5.91 Å². The molecule has 0 heterocycles. The van der Waals surface area contributed by atoms with E-state index in [0.717, 1.165) is 5.56 Å². The molecule has 0 saturated carbocycles. The average Bonchev–Trinajstić information content (AvgIpc) is 2.40. The molecule has 0 fully saturated rings. The number of imide groups is 1. The largest absolute Gasteiger partial charge is 0.341 e. The van der Waals surface area contributed by atoms with Gasteiger partial charge in [0.1, 0.15) is 0 Å². The van der Waals surface area contributed by atoms with Crippen molar-refractivity contribution in [3.8, 4) is 0 Å². The lowest BCUT2D eigenvalue weighted by Crippen LogP contribution is -2.47. The van der Waals surface area contributed by atoms with Gasteiger partial charge in [0.25, 0.3) is 0 Å². The Balaban J connectivity index is 2.56. The maximum atomic E-state index is 11.8. The molecular weight excluding hydrogens is 242 g/mol. The minimum Gasteiger partial charge on any atom is -0.341 e. The number of nitrogens with one attached hydrogen (secondary N) is 2. The van der Waals surface area contributed by atoms with Gasteiger partial charge in [-0.3, -0.25) is 15.0 Å². The molecule has 0 saturated heterocycles. The molecule has 1 aromatic carbocycles. The molecule has 5 nitrogen and oxygen atoms in total. The lowest BCUT2D eigenvalue weighted by atomic mass is 10.1. The number of urea groups is 1. The molecule has 0 spiro atoms. The van der Waals surface area contributed by atoms with Crippen molar-refractivity contribution in [2.24, 2.45) is 0 Å². The van der Waals surface area contributed by atoms with Gasteiger partial charge in [0.05, 0.1) is 6.04 Å². The summed E-state index contributed by atoms with van der Waals surface area (Å²) in [7, 11) is 3.33. The summed E-state index contributed by atoms with van der Waals surface area (Å²) in [6, 6.07) is 7.29. The van der Waals surface area contributed by atoms with Crippen molar-refractivity contribution >= 4 is 11.9 Å². The monoisotopic (exact) mass is 263 g/mol. The fourth-order valence-electron chi connectivity index (χ4n) is 1.60. The number of aryl methyl sites for hydroxylation is 1. The van der Waals surface area contributed by atoms with Gasteiger partial charge >= 0.3 is 6.03 Å². The second-order valence-electron chi connectivity index (χ2n) is 4.65. The predicted molar refractivity (Wildman–Crippen MR) is 74.7 cm³/mol. The van der Waals surface area contributed by atoms with E-state index in [1.807, 2.05) is 43.1 Å². The highest BCUT2D eigenvalue weighted by Crippen LogP contribution is 2.08. The third-order valence-electron chi connectivity index (χ3n) is 3.06. The SMILES string of the molecule is CNC(=O)NC(=O)C(C)N(C)Cc1ccc(C)cc1. The van der Waals surface area contributed by atoms with Crippen LogP contribution in [0.4, 0.5) is 4.79 Å². The number of carbonyl (C=O) groups is 2. The van der Waals surface area contributed by atoms with Crippen molar-refractivity contribution in [1.29, 1.82) is 0 Å². The highest BCUT2D eigenvalue weighted by Gasteiger charge is 2.19. The van der Waals surface area contributed by atoms with Crippen LogP contribution in [-0.4, -0.2) is 37.0 Å². The molecule has 3 amide bonds. The van der Waals surface area contributed by atoms with Gasteiger partial charge in [-0.2, -0.15) is 0 Å². The van der Waals surface area contributed by atoms with Crippen molar-refractivity contribution < 1.29 is 9.59 Å². The van der Waals surface area contributed by atoms with Crippen LogP contribution in [-0.2, 0) is 11.3 Å². The second kappa shape index (κ2) is 6.89. The quantitative estimate of drug-likeness (QED) is 0.860. The van der Waals surface area contributed by atoms with Gasteiger partial charge in [-0.25, -0.2) is 4.79 Å². The summed E-state index contributed by atoms with van der Waals surface area (Å²) in [5, 5.41) is 4.63. The van der Waals surface area contributed by atoms with Gasteiger partial charge in [-0.1, -0.05) is 29.8 Å². The van der Waals surface area contributed by atoms with Crippen molar-refractivity contribution in [2.45, 2.75) is 26.4 Å². The van der Waals surface area contributed by atoms with Gasteiger partial charge < -0.3 is 5.32 Å². The zero-order valence-electron chi connectivity index (χ0n) is 11.9. The molecule has 1 rings (SSSR count). The fourth-order valence-corrected chi connectivity index (χ4v) is 1.60. The third-order valence-corrected chi connectivity index (χ3v) is 3.06. The summed E-state index contributed by atoms with van der Waals surface area (Å²) < 4.78 is 0. The van der Waals surface area contributed by atoms with Crippen LogP contribution in [0.15, 0.2) is 24.3 Å². The van der Waals surface area contributed by atoms with Crippen molar-refractivity contribution in [1.82, 2.24) is 15.5 Å². The molecule has 0 radical (unpaired) electrons. The summed E-state index contributed by atoms with van der Waals surface area (Å²) in [6.07, 6.45) is 0. The molecule has 0 bridgehead atoms. The number of carbonyl (C=O) groups excluding carboxylic acids is 2. The van der Waals surface area contributed by atoms with E-state index in [2.05, 4.69) is 10.6 Å². The molecule has 0 aromatic heterocycles. The minimum atomic E-state index is -0.486. The van der Waals surface area contributed by atoms with Crippen LogP contribution < -0.4 is 10.6 Å². The number of benzene rings is 1. The second-order valence-corrected chi connectivity index (χ2v) is 4.65. The highest BCUT2D eigenvalue weighted by molar-refractivity contribution is 5.96. The van der Waals surface area contributed by atoms with E-state index in [1.165, 1.54) is 12.6 Å². The maximum Gasteiger partial charge on any atom is 0.321 e. The van der Waals surface area contributed by atoms with E-state index in [4.69, 9.17) is 0 Å². The summed E-state index contributed by atoms with van der Waals surface area (Å²) in [5.74, 6) is -0.311. The van der Waals surface area contributed by atoms with E-state index in [9.17, 15) is 9.59 Å². The van der Waals surface area contributed by atoms with Crippen LogP contribution in [0.5, 0.6) is 0 Å². The van der Waals surface area contributed by atoms with Crippen LogP contribution in [0.1, 0.15) is 18.1 Å². The number of likely N-dealkylation sites (N-methyl/N-ethyl adjacent to an activating group) is 1. The van der Waals surface area contributed by atoms with Crippen LogP contribution in [0.25, 0.3) is 0 Å². The first-order valence-corrected chi connectivity index (χ1v) is 6.22. The van der Waals surface area contributed by atoms with Gasteiger partial charge in [0.15, 0.2) is 0 Å². The molecule has 1 atom stereocenters. The Morgan fingerprint density at radius 2 is 1.84 bits per heavy atom. The molecular formula is C14H21N3O2. The number of amides is 3. The summed E-state index contributed by atoms with van der Waals surface area (Å²) in [6.45, 7) is 4.46. The Morgan fingerprint density at radius 3 is 2.37 bits per heavy atom. The lowest BCUT2D eigenvalue weighted by molar-refractivity contribution is -0.124. The average molecular weight is 263 g/mol. The molecule has 104 valence electrons. The zero-order chi connectivity index (χ0) is 14.4. The minimum absolute atomic E-state index is 0.311. The molecule has 5 heteroatoms. The molecule has 0 aliphatic rings. The van der Waals surface area contributed by atoms with Crippen molar-refractivity contribution in [3.63, 3.8) is 0 Å². The third kappa shape index (κ3) is 4.71. The number of nitrogens with zero attached hydrogens (tertiary/aromatic N) is 1. The fraction of sp³-hybridized carbons (Fsp3) is 0.429. The Bertz CT molecular complexity index is 443. The Kier molecular flexibility index (Phi) is 5.51. The van der Waals surface area contributed by atoms with Gasteiger partial charge in [-0.05, 0) is 26.5 Å². The topological polar surface area (TPSA) is 61.4 Å². The molecule has 1 unspecified atom stereocenters. The number of hydrogen-bond acceptors (Lipinski definition) is 3. The Hall–Kier alpha value is -1.88. The van der Waals surface area contributed by atoms with Crippen LogP contribution in [0.2, 0.25) is 0 Å². The molecule has 19 heavy (non-hydrogen) atoms. The van der Waals surface area contributed by atoms with E-state index in [1.54, 1.807) is 6.92 Å². The van der Waals surface area contributed by atoms with Crippen LogP contribution in [0.3, 0.4) is 0 Å². The van der Waals surface area contributed by atoms with Gasteiger partial charge in [0, 0.05) is 13.6 Å². The summed E-state index contributed by atoms with van der Waals surface area (Å²) >= 11 is 0. The summed E-state index contributed by atoms with van der Waals surface area (Å²) in [4.78, 5) is 24.8. The van der Waals surface area contributed by atoms with E-state index in [0.29, 0.717) is 6.54 Å². The molecule has 2 N–H and O–H groups in total. The van der Waals surface area contributed by atoms with Crippen molar-refractivity contribution in [3.05, 3.63) is 35.4 Å². The van der Waals surface area contributed by atoms with E-state index < -0.39 is 6.03 Å². The maximum absolute atomic E-state index is 11.8. The standard InChI is InChI=1S/C14H21N3O2/c1-10-5-7-12(8-6-10)9-17(4)11(2)13(18)16-14(19)15-3/h5-8,11H,9H2,1-4H3,(H2,15,16,18,19). The molecule has 0 aliphatic heterocycles. The van der Waals surface area contributed by atoms with Crippen LogP contribution >= 0.6 is 0 Å². The molecule has 1 aromatic rings. The Labute approximate surface area is 114 Å². The molecule has 0 aliphatic carbocycles. The number of rotatable bonds is 4.